The van der Waals surface area contributed by atoms with Crippen LogP contribution in [0.15, 0.2) is 42.5 Å². The maximum Gasteiger partial charge on any atom is 0.232 e. The van der Waals surface area contributed by atoms with Crippen molar-refractivity contribution < 1.29 is 9.90 Å². The number of aromatic hydroxyl groups is 1. The molecule has 0 atom stereocenters. The van der Waals surface area contributed by atoms with Gasteiger partial charge in [0, 0.05) is 22.9 Å². The first-order valence-electron chi connectivity index (χ1n) is 9.12. The van der Waals surface area contributed by atoms with Crippen molar-refractivity contribution in [1.29, 1.82) is 0 Å². The first-order chi connectivity index (χ1) is 13.5. The molecule has 3 aromatic rings. The molecule has 0 radical (unpaired) electrons. The van der Waals surface area contributed by atoms with E-state index in [0.717, 1.165) is 29.8 Å². The lowest BCUT2D eigenvalue weighted by atomic mass is 10.0. The van der Waals surface area contributed by atoms with Crippen molar-refractivity contribution in [2.24, 2.45) is 0 Å². The topological polar surface area (TPSA) is 65.5 Å². The van der Waals surface area contributed by atoms with E-state index in [1.807, 2.05) is 48.2 Å². The number of aryl methyl sites for hydroxylation is 1. The van der Waals surface area contributed by atoms with Crippen molar-refractivity contribution in [2.75, 3.05) is 16.8 Å². The summed E-state index contributed by atoms with van der Waals surface area (Å²) in [5.41, 5.74) is 3.88. The monoisotopic (exact) mass is 413 g/mol. The summed E-state index contributed by atoms with van der Waals surface area (Å²) in [5, 5.41) is 14.6. The van der Waals surface area contributed by atoms with E-state index in [-0.39, 0.29) is 18.2 Å². The quantitative estimate of drug-likeness (QED) is 0.626. The molecule has 1 aromatic heterocycles. The molecule has 144 valence electrons. The minimum atomic E-state index is -0.106. The van der Waals surface area contributed by atoms with Gasteiger partial charge in [0.25, 0.3) is 0 Å². The van der Waals surface area contributed by atoms with Crippen molar-refractivity contribution >= 4 is 45.4 Å². The van der Waals surface area contributed by atoms with Gasteiger partial charge in [-0.1, -0.05) is 47.2 Å². The average Bonchev–Trinajstić information content (AvgIpc) is 3.03. The Morgan fingerprint density at radius 2 is 2.11 bits per heavy atom. The van der Waals surface area contributed by atoms with E-state index in [2.05, 4.69) is 16.4 Å². The maximum absolute atomic E-state index is 12.9. The Bertz CT molecular complexity index is 1030. The Hall–Kier alpha value is -2.57. The highest BCUT2D eigenvalue weighted by molar-refractivity contribution is 7.16. The van der Waals surface area contributed by atoms with Crippen LogP contribution in [0.25, 0.3) is 0 Å². The third kappa shape index (κ3) is 3.70. The first-order valence-corrected chi connectivity index (χ1v) is 10.3. The van der Waals surface area contributed by atoms with Crippen molar-refractivity contribution in [2.45, 2.75) is 26.2 Å². The van der Waals surface area contributed by atoms with Crippen molar-refractivity contribution in [3.63, 3.8) is 0 Å². The molecule has 5 nitrogen and oxygen atoms in total. The highest BCUT2D eigenvalue weighted by Gasteiger charge is 2.24. The second kappa shape index (κ2) is 7.81. The van der Waals surface area contributed by atoms with Crippen LogP contribution in [-0.2, 0) is 17.6 Å². The molecule has 0 spiro atoms. The molecule has 1 aliphatic rings. The molecular weight excluding hydrogens is 394 g/mol. The molecule has 0 saturated heterocycles. The Balaban J connectivity index is 1.52. The number of nitrogens with zero attached hydrogens (tertiary/aromatic N) is 2. The Morgan fingerprint density at radius 3 is 2.96 bits per heavy atom. The summed E-state index contributed by atoms with van der Waals surface area (Å²) in [5.74, 6) is -0.137. The molecule has 2 heterocycles. The number of hydrogen-bond acceptors (Lipinski definition) is 5. The van der Waals surface area contributed by atoms with Gasteiger partial charge in [-0.05, 0) is 49.1 Å². The zero-order valence-electron chi connectivity index (χ0n) is 15.4. The molecule has 2 aromatic carbocycles. The molecule has 0 unspecified atom stereocenters. The van der Waals surface area contributed by atoms with Crippen molar-refractivity contribution in [3.05, 3.63) is 63.5 Å². The van der Waals surface area contributed by atoms with E-state index in [9.17, 15) is 9.90 Å². The number of benzene rings is 2. The Morgan fingerprint density at radius 1 is 1.29 bits per heavy atom. The van der Waals surface area contributed by atoms with E-state index in [4.69, 9.17) is 11.6 Å². The van der Waals surface area contributed by atoms with Crippen LogP contribution in [0.1, 0.15) is 22.4 Å². The number of halogens is 1. The molecule has 0 bridgehead atoms. The van der Waals surface area contributed by atoms with Gasteiger partial charge in [-0.25, -0.2) is 0 Å². The Kier molecular flexibility index (Phi) is 5.24. The number of hydrogen-bond donors (Lipinski definition) is 2. The predicted octanol–water partition coefficient (Wildman–Crippen LogP) is 5.08. The number of nitrogens with one attached hydrogen (secondary N) is 1. The standard InChI is InChI=1S/C21H20ClN3O2S/c1-13-15(22)8-4-9-16(13)23-21-24-20(27)18(28-21)12-19(26)25-11-5-7-14-6-2-3-10-17(14)25/h2-4,6,8-10,27H,5,7,11-12H2,1H3,(H,23,24). The van der Waals surface area contributed by atoms with E-state index < -0.39 is 0 Å². The second-order valence-electron chi connectivity index (χ2n) is 6.76. The van der Waals surface area contributed by atoms with Gasteiger partial charge in [0.1, 0.15) is 0 Å². The normalized spacial score (nSPS) is 13.3. The van der Waals surface area contributed by atoms with Gasteiger partial charge in [-0.15, -0.1) is 0 Å². The second-order valence-corrected chi connectivity index (χ2v) is 8.25. The summed E-state index contributed by atoms with van der Waals surface area (Å²) in [7, 11) is 0. The number of carbonyl (C=O) groups excluding carboxylic acids is 1. The highest BCUT2D eigenvalue weighted by Crippen LogP contribution is 2.34. The molecular formula is C21H20ClN3O2S. The number of fused-ring (bicyclic) bond motifs is 1. The van der Waals surface area contributed by atoms with Crippen molar-refractivity contribution in [1.82, 2.24) is 4.98 Å². The summed E-state index contributed by atoms with van der Waals surface area (Å²) in [6, 6.07) is 13.6. The fraction of sp³-hybridized carbons (Fsp3) is 0.238. The molecule has 2 N–H and O–H groups in total. The number of aromatic nitrogens is 1. The third-order valence-electron chi connectivity index (χ3n) is 4.91. The zero-order chi connectivity index (χ0) is 19.7. The van der Waals surface area contributed by atoms with Gasteiger partial charge < -0.3 is 15.3 Å². The molecule has 0 saturated carbocycles. The lowest BCUT2D eigenvalue weighted by Crippen LogP contribution is -2.36. The lowest BCUT2D eigenvalue weighted by molar-refractivity contribution is -0.118. The molecule has 1 aliphatic heterocycles. The smallest absolute Gasteiger partial charge is 0.232 e. The van der Waals surface area contributed by atoms with Crippen LogP contribution in [0.5, 0.6) is 5.88 Å². The zero-order valence-corrected chi connectivity index (χ0v) is 17.0. The van der Waals surface area contributed by atoms with E-state index in [1.54, 1.807) is 0 Å². The summed E-state index contributed by atoms with van der Waals surface area (Å²) in [4.78, 5) is 19.4. The minimum absolute atomic E-state index is 0.0309. The van der Waals surface area contributed by atoms with Crippen LogP contribution in [-0.4, -0.2) is 22.5 Å². The summed E-state index contributed by atoms with van der Waals surface area (Å²) >= 11 is 7.44. The largest absolute Gasteiger partial charge is 0.492 e. The van der Waals surface area contributed by atoms with Crippen molar-refractivity contribution in [3.8, 4) is 5.88 Å². The number of carbonyl (C=O) groups is 1. The first kappa shape index (κ1) is 18.8. The SMILES string of the molecule is Cc1c(Cl)cccc1Nc1nc(O)c(CC(=O)N2CCCc3ccccc32)s1. The van der Waals surface area contributed by atoms with Crippen LogP contribution in [0, 0.1) is 6.92 Å². The fourth-order valence-corrected chi connectivity index (χ4v) is 4.43. The van der Waals surface area contributed by atoms with Gasteiger partial charge in [-0.3, -0.25) is 4.79 Å². The molecule has 0 aliphatic carbocycles. The van der Waals surface area contributed by atoms with Gasteiger partial charge in [0.2, 0.25) is 11.8 Å². The lowest BCUT2D eigenvalue weighted by Gasteiger charge is -2.29. The van der Waals surface area contributed by atoms with E-state index in [0.29, 0.717) is 21.6 Å². The van der Waals surface area contributed by atoms with Crippen LogP contribution in [0.4, 0.5) is 16.5 Å². The third-order valence-corrected chi connectivity index (χ3v) is 6.28. The summed E-state index contributed by atoms with van der Waals surface area (Å²) in [6.45, 7) is 2.61. The average molecular weight is 414 g/mol. The number of para-hydroxylation sites is 1. The van der Waals surface area contributed by atoms with Gasteiger partial charge in [0.05, 0.1) is 11.3 Å². The predicted molar refractivity (Wildman–Crippen MR) is 114 cm³/mol. The highest BCUT2D eigenvalue weighted by atomic mass is 35.5. The Labute approximate surface area is 172 Å². The molecule has 1 amide bonds. The molecule has 28 heavy (non-hydrogen) atoms. The van der Waals surface area contributed by atoms with E-state index >= 15 is 0 Å². The summed E-state index contributed by atoms with van der Waals surface area (Å²) in [6.07, 6.45) is 2.05. The minimum Gasteiger partial charge on any atom is -0.492 e. The van der Waals surface area contributed by atoms with Crippen LogP contribution < -0.4 is 10.2 Å². The van der Waals surface area contributed by atoms with Crippen LogP contribution in [0.3, 0.4) is 0 Å². The van der Waals surface area contributed by atoms with Gasteiger partial charge >= 0.3 is 0 Å². The fourth-order valence-electron chi connectivity index (χ4n) is 3.40. The van der Waals surface area contributed by atoms with Gasteiger partial charge in [-0.2, -0.15) is 4.98 Å². The molecule has 7 heteroatoms. The molecule has 4 rings (SSSR count). The number of rotatable bonds is 4. The van der Waals surface area contributed by atoms with Gasteiger partial charge in [0.15, 0.2) is 5.13 Å². The summed E-state index contributed by atoms with van der Waals surface area (Å²) < 4.78 is 0. The van der Waals surface area contributed by atoms with E-state index in [1.165, 1.54) is 16.9 Å². The van der Waals surface area contributed by atoms with Crippen LogP contribution >= 0.6 is 22.9 Å². The molecule has 0 fully saturated rings. The number of anilines is 3. The number of thiazole rings is 1. The number of amides is 1. The van der Waals surface area contributed by atoms with Crippen LogP contribution in [0.2, 0.25) is 5.02 Å². The maximum atomic E-state index is 12.9.